The molecule has 0 spiro atoms. The molecule has 0 radical (unpaired) electrons. The summed E-state index contributed by atoms with van der Waals surface area (Å²) < 4.78 is 12.6. The van der Waals surface area contributed by atoms with Crippen molar-refractivity contribution in [2.75, 3.05) is 6.61 Å². The molecule has 2 atom stereocenters. The van der Waals surface area contributed by atoms with Gasteiger partial charge in [-0.2, -0.15) is 0 Å². The Kier molecular flexibility index (Phi) is 7.53. The Morgan fingerprint density at radius 3 is 1.97 bits per heavy atom. The number of benzene rings is 2. The first-order valence-electron chi connectivity index (χ1n) is 11.3. The summed E-state index contributed by atoms with van der Waals surface area (Å²) in [5.41, 5.74) is 0. The van der Waals surface area contributed by atoms with Gasteiger partial charge in [0.25, 0.3) is 8.32 Å². The van der Waals surface area contributed by atoms with Crippen molar-refractivity contribution >= 4 is 24.7 Å². The van der Waals surface area contributed by atoms with Crippen molar-refractivity contribution in [1.82, 2.24) is 0 Å². The second-order valence-corrected chi connectivity index (χ2v) is 13.6. The summed E-state index contributed by atoms with van der Waals surface area (Å²) in [7, 11) is -2.60. The van der Waals surface area contributed by atoms with Gasteiger partial charge in [-0.05, 0) is 41.1 Å². The molecule has 0 saturated heterocycles. The molecule has 1 aliphatic carbocycles. The predicted octanol–water partition coefficient (Wildman–Crippen LogP) is 5.08. The minimum Gasteiger partial charge on any atom is -0.466 e. The van der Waals surface area contributed by atoms with E-state index in [-0.39, 0.29) is 23.0 Å². The standard InChI is InChI=1S/C26H36O3Si/c1-5-28-25(27)20-21-14-12-13-19-24(21)29-30(26(2,3)4,22-15-8-6-9-16-22)23-17-10-7-11-18-23/h6-11,15-18,21,24H,5,12-14,19-20H2,1-4H3/t21-,24+/m0/s1. The highest BCUT2D eigenvalue weighted by Crippen LogP contribution is 2.41. The lowest BCUT2D eigenvalue weighted by Crippen LogP contribution is -2.68. The molecule has 0 N–H and O–H groups in total. The van der Waals surface area contributed by atoms with Gasteiger partial charge in [0.1, 0.15) is 0 Å². The third-order valence-corrected chi connectivity index (χ3v) is 11.4. The normalized spacial score (nSPS) is 20.0. The summed E-state index contributed by atoms with van der Waals surface area (Å²) in [6.07, 6.45) is 4.88. The smallest absolute Gasteiger partial charge is 0.306 e. The van der Waals surface area contributed by atoms with Crippen LogP contribution in [-0.4, -0.2) is 27.0 Å². The molecular weight excluding hydrogens is 388 g/mol. The summed E-state index contributed by atoms with van der Waals surface area (Å²) in [5, 5.41) is 2.54. The Bertz CT molecular complexity index is 759. The molecule has 1 fully saturated rings. The molecule has 0 heterocycles. The van der Waals surface area contributed by atoms with Crippen LogP contribution in [0.4, 0.5) is 0 Å². The van der Waals surface area contributed by atoms with E-state index in [2.05, 4.69) is 81.4 Å². The number of hydrogen-bond donors (Lipinski definition) is 0. The van der Waals surface area contributed by atoms with Gasteiger partial charge < -0.3 is 9.16 Å². The first-order valence-corrected chi connectivity index (χ1v) is 13.2. The molecule has 0 aromatic heterocycles. The quantitative estimate of drug-likeness (QED) is 0.459. The van der Waals surface area contributed by atoms with Gasteiger partial charge in [-0.25, -0.2) is 0 Å². The first kappa shape index (κ1) is 22.8. The highest BCUT2D eigenvalue weighted by atomic mass is 28.4. The van der Waals surface area contributed by atoms with Crippen LogP contribution in [0.2, 0.25) is 5.04 Å². The third kappa shape index (κ3) is 4.87. The van der Waals surface area contributed by atoms with E-state index in [1.165, 1.54) is 10.4 Å². The van der Waals surface area contributed by atoms with E-state index in [1.807, 2.05) is 6.92 Å². The fourth-order valence-corrected chi connectivity index (χ4v) is 9.69. The molecule has 0 unspecified atom stereocenters. The topological polar surface area (TPSA) is 35.5 Å². The summed E-state index contributed by atoms with van der Waals surface area (Å²) in [6.45, 7) is 9.23. The van der Waals surface area contributed by atoms with Gasteiger partial charge >= 0.3 is 5.97 Å². The second-order valence-electron chi connectivity index (χ2n) is 9.37. The van der Waals surface area contributed by atoms with E-state index in [1.54, 1.807) is 0 Å². The summed E-state index contributed by atoms with van der Waals surface area (Å²) in [6, 6.07) is 21.5. The minimum absolute atomic E-state index is 0.0539. The summed E-state index contributed by atoms with van der Waals surface area (Å²) in [5.74, 6) is 0.125. The Labute approximate surface area is 182 Å². The number of hydrogen-bond acceptors (Lipinski definition) is 3. The van der Waals surface area contributed by atoms with E-state index in [0.29, 0.717) is 13.0 Å². The van der Waals surface area contributed by atoms with Crippen LogP contribution >= 0.6 is 0 Å². The average Bonchev–Trinajstić information content (AvgIpc) is 2.73. The highest BCUT2D eigenvalue weighted by molar-refractivity contribution is 6.99. The Hall–Kier alpha value is -1.91. The number of rotatable bonds is 7. The SMILES string of the molecule is CCOC(=O)C[C@@H]1CCCC[C@H]1O[Si](c1ccccc1)(c1ccccc1)C(C)(C)C. The lowest BCUT2D eigenvalue weighted by Gasteiger charge is -2.47. The van der Waals surface area contributed by atoms with Crippen molar-refractivity contribution in [3.63, 3.8) is 0 Å². The van der Waals surface area contributed by atoms with Crippen LogP contribution < -0.4 is 10.4 Å². The van der Waals surface area contributed by atoms with Crippen molar-refractivity contribution < 1.29 is 14.0 Å². The maximum Gasteiger partial charge on any atom is 0.306 e. The molecule has 3 rings (SSSR count). The van der Waals surface area contributed by atoms with Crippen molar-refractivity contribution in [2.45, 2.75) is 70.9 Å². The van der Waals surface area contributed by atoms with Gasteiger partial charge in [0.2, 0.25) is 0 Å². The zero-order chi connectivity index (χ0) is 21.6. The monoisotopic (exact) mass is 424 g/mol. The zero-order valence-electron chi connectivity index (χ0n) is 18.9. The molecule has 30 heavy (non-hydrogen) atoms. The van der Waals surface area contributed by atoms with E-state index in [0.717, 1.165) is 25.7 Å². The maximum absolute atomic E-state index is 12.3. The first-order chi connectivity index (χ1) is 14.4. The number of esters is 1. The van der Waals surface area contributed by atoms with E-state index in [9.17, 15) is 4.79 Å². The zero-order valence-corrected chi connectivity index (χ0v) is 19.9. The van der Waals surface area contributed by atoms with Crippen molar-refractivity contribution in [3.8, 4) is 0 Å². The van der Waals surface area contributed by atoms with Crippen LogP contribution in [-0.2, 0) is 14.0 Å². The largest absolute Gasteiger partial charge is 0.466 e. The average molecular weight is 425 g/mol. The van der Waals surface area contributed by atoms with Crippen molar-refractivity contribution in [3.05, 3.63) is 60.7 Å². The van der Waals surface area contributed by atoms with Gasteiger partial charge in [0.05, 0.1) is 13.0 Å². The van der Waals surface area contributed by atoms with Gasteiger partial charge in [0.15, 0.2) is 0 Å². The fourth-order valence-electron chi connectivity index (χ4n) is 4.91. The van der Waals surface area contributed by atoms with Crippen LogP contribution in [0.1, 0.15) is 59.8 Å². The fraction of sp³-hybridized carbons (Fsp3) is 0.500. The Morgan fingerprint density at radius 1 is 0.933 bits per heavy atom. The molecule has 2 aromatic rings. The Morgan fingerprint density at radius 2 is 1.47 bits per heavy atom. The van der Waals surface area contributed by atoms with Crippen LogP contribution in [0.25, 0.3) is 0 Å². The predicted molar refractivity (Wildman–Crippen MR) is 126 cm³/mol. The molecule has 0 aliphatic heterocycles. The van der Waals surface area contributed by atoms with Gasteiger partial charge in [-0.1, -0.05) is 94.3 Å². The molecule has 162 valence electrons. The molecule has 4 heteroatoms. The van der Waals surface area contributed by atoms with E-state index >= 15 is 0 Å². The summed E-state index contributed by atoms with van der Waals surface area (Å²) >= 11 is 0. The molecule has 1 saturated carbocycles. The van der Waals surface area contributed by atoms with Crippen LogP contribution in [0.15, 0.2) is 60.7 Å². The van der Waals surface area contributed by atoms with Crippen LogP contribution in [0.3, 0.4) is 0 Å². The van der Waals surface area contributed by atoms with Gasteiger partial charge in [-0.15, -0.1) is 0 Å². The molecule has 0 bridgehead atoms. The van der Waals surface area contributed by atoms with Crippen LogP contribution in [0.5, 0.6) is 0 Å². The third-order valence-electron chi connectivity index (χ3n) is 6.32. The van der Waals surface area contributed by atoms with Crippen molar-refractivity contribution in [2.24, 2.45) is 5.92 Å². The van der Waals surface area contributed by atoms with E-state index < -0.39 is 8.32 Å². The number of carbonyl (C=O) groups excluding carboxylic acids is 1. The maximum atomic E-state index is 12.3. The van der Waals surface area contributed by atoms with Crippen LogP contribution in [0, 0.1) is 5.92 Å². The second kappa shape index (κ2) is 9.93. The minimum atomic E-state index is -2.60. The molecular formula is C26H36O3Si. The molecule has 3 nitrogen and oxygen atoms in total. The van der Waals surface area contributed by atoms with Gasteiger partial charge in [0, 0.05) is 6.10 Å². The molecule has 1 aliphatic rings. The lowest BCUT2D eigenvalue weighted by atomic mass is 9.84. The number of carbonyl (C=O) groups is 1. The van der Waals surface area contributed by atoms with E-state index in [4.69, 9.17) is 9.16 Å². The Balaban J connectivity index is 2.05. The molecule has 2 aromatic carbocycles. The van der Waals surface area contributed by atoms with Crippen molar-refractivity contribution in [1.29, 1.82) is 0 Å². The highest BCUT2D eigenvalue weighted by Gasteiger charge is 2.52. The summed E-state index contributed by atoms with van der Waals surface area (Å²) in [4.78, 5) is 12.3. The lowest BCUT2D eigenvalue weighted by molar-refractivity contribution is -0.145. The van der Waals surface area contributed by atoms with Gasteiger partial charge in [-0.3, -0.25) is 4.79 Å². The number of ether oxygens (including phenoxy) is 1. The molecule has 0 amide bonds.